The minimum absolute atomic E-state index is 0.0561. The second kappa shape index (κ2) is 18.7. The number of hydrogen-bond acceptors (Lipinski definition) is 6. The van der Waals surface area contributed by atoms with Gasteiger partial charge in [0.1, 0.15) is 18.8 Å². The molecule has 1 aliphatic carbocycles. The summed E-state index contributed by atoms with van der Waals surface area (Å²) in [5.74, 6) is 0.848. The van der Waals surface area contributed by atoms with Crippen molar-refractivity contribution < 1.29 is 28.1 Å². The van der Waals surface area contributed by atoms with E-state index >= 15 is 0 Å². The van der Waals surface area contributed by atoms with E-state index in [1.54, 1.807) is 0 Å². The predicted octanol–water partition coefficient (Wildman–Crippen LogP) is 8.53. The fourth-order valence-electron chi connectivity index (χ4n) is 7.78. The molecule has 0 spiro atoms. The molecule has 55 heavy (non-hydrogen) atoms. The number of benzene rings is 5. The van der Waals surface area contributed by atoms with E-state index in [-0.39, 0.29) is 23.4 Å². The first-order valence-corrected chi connectivity index (χ1v) is 21.6. The average Bonchev–Trinajstić information content (AvgIpc) is 3.89. The lowest BCUT2D eigenvalue weighted by atomic mass is 10.1. The number of hydrogen-bond donors (Lipinski definition) is 0. The Labute approximate surface area is 328 Å². The van der Waals surface area contributed by atoms with Crippen molar-refractivity contribution in [3.63, 3.8) is 0 Å². The molecule has 2 aliphatic rings. The number of ether oxygens (including phenoxy) is 5. The second-order valence-corrected chi connectivity index (χ2v) is 20.2. The van der Waals surface area contributed by atoms with Crippen LogP contribution in [0.25, 0.3) is 0 Å². The summed E-state index contributed by atoms with van der Waals surface area (Å²) in [5.41, 5.74) is 3.30. The molecule has 7 heteroatoms. The third kappa shape index (κ3) is 10.0. The summed E-state index contributed by atoms with van der Waals surface area (Å²) in [5, 5.41) is 2.56. The summed E-state index contributed by atoms with van der Waals surface area (Å²) in [6.07, 6.45) is -0.447. The summed E-state index contributed by atoms with van der Waals surface area (Å²) in [6.45, 7) is 11.9. The van der Waals surface area contributed by atoms with Gasteiger partial charge in [0.05, 0.1) is 26.4 Å². The molecule has 0 unspecified atom stereocenters. The van der Waals surface area contributed by atoms with Gasteiger partial charge in [0.15, 0.2) is 6.10 Å². The molecule has 0 N–H and O–H groups in total. The zero-order chi connectivity index (χ0) is 37.9. The highest BCUT2D eigenvalue weighted by Crippen LogP contribution is 2.43. The minimum atomic E-state index is -2.59. The monoisotopic (exact) mass is 755 g/mol. The van der Waals surface area contributed by atoms with Crippen LogP contribution in [0.1, 0.15) is 43.9 Å². The first-order valence-electron chi connectivity index (χ1n) is 19.7. The molecular formula is C48H55O6Si+. The Bertz CT molecular complexity index is 1800. The highest BCUT2D eigenvalue weighted by Gasteiger charge is 2.53. The van der Waals surface area contributed by atoms with Crippen LogP contribution in [0.5, 0.6) is 0 Å². The van der Waals surface area contributed by atoms with Gasteiger partial charge in [0.2, 0.25) is 0 Å². The van der Waals surface area contributed by atoms with Crippen molar-refractivity contribution in [2.75, 3.05) is 19.8 Å². The summed E-state index contributed by atoms with van der Waals surface area (Å²) in [6, 6.07) is 52.4. The molecule has 6 atom stereocenters. The number of rotatable bonds is 19. The van der Waals surface area contributed by atoms with Gasteiger partial charge in [-0.05, 0) is 50.4 Å². The molecule has 2 fully saturated rings. The standard InChI is InChI=1S/C48H55O6Si/c1-48(2,3)55(42-25-15-7-16-26-42,43-27-17-8-18-28-43)53-34-41-29-40(41)33-50-36-45-47(52-32-39-23-13-6-14-24-39)46(51-31-38-21-11-5-12-22-38)44(54-45)35-49-30-37-19-9-4-10-20-37/h4-28,36,40-41,44-47H,29-35H2,1-3H3/q+1/t40-,41+,44-,45-,46-,47-/m1/s1. The first-order chi connectivity index (χ1) is 26.9. The van der Waals surface area contributed by atoms with E-state index in [4.69, 9.17) is 28.1 Å². The van der Waals surface area contributed by atoms with E-state index in [2.05, 4.69) is 118 Å². The highest BCUT2D eigenvalue weighted by molar-refractivity contribution is 6.99. The van der Waals surface area contributed by atoms with Gasteiger partial charge in [-0.25, -0.2) is 0 Å². The molecule has 6 nitrogen and oxygen atoms in total. The molecular weight excluding hydrogens is 701 g/mol. The van der Waals surface area contributed by atoms with Crippen molar-refractivity contribution in [1.82, 2.24) is 0 Å². The van der Waals surface area contributed by atoms with Gasteiger partial charge in [-0.1, -0.05) is 172 Å². The lowest BCUT2D eigenvalue weighted by molar-refractivity contribution is -0.0899. The van der Waals surface area contributed by atoms with E-state index in [9.17, 15) is 0 Å². The molecule has 0 aromatic heterocycles. The molecule has 1 saturated carbocycles. The fourth-order valence-corrected chi connectivity index (χ4v) is 12.4. The lowest BCUT2D eigenvalue weighted by Gasteiger charge is -2.43. The maximum Gasteiger partial charge on any atom is 0.261 e. The van der Waals surface area contributed by atoms with Crippen molar-refractivity contribution in [3.05, 3.63) is 175 Å². The summed E-state index contributed by atoms with van der Waals surface area (Å²) < 4.78 is 39.8. The van der Waals surface area contributed by atoms with Crippen LogP contribution < -0.4 is 10.4 Å². The largest absolute Gasteiger partial charge is 0.407 e. The normalized spacial score (nSPS) is 22.4. The first kappa shape index (κ1) is 39.2. The minimum Gasteiger partial charge on any atom is -0.407 e. The maximum absolute atomic E-state index is 7.25. The SMILES string of the molecule is CC(C)(C)[Si](OC[C@@H]1C[C@@H]1CO[CH+][C@H]1O[C@H](COCc2ccccc2)[C@@H](OCc2ccccc2)[C@@H]1OCc1ccccc1)(c1ccccc1)c1ccccc1. The summed E-state index contributed by atoms with van der Waals surface area (Å²) in [4.78, 5) is 0. The third-order valence-electron chi connectivity index (χ3n) is 10.9. The average molecular weight is 756 g/mol. The van der Waals surface area contributed by atoms with Crippen LogP contribution in [-0.4, -0.2) is 52.6 Å². The molecule has 0 radical (unpaired) electrons. The van der Waals surface area contributed by atoms with Gasteiger partial charge in [-0.15, -0.1) is 0 Å². The van der Waals surface area contributed by atoms with Gasteiger partial charge in [-0.2, -0.15) is 4.74 Å². The van der Waals surface area contributed by atoms with Crippen LogP contribution >= 0.6 is 0 Å². The Hall–Kier alpha value is -4.05. The van der Waals surface area contributed by atoms with Crippen LogP contribution in [0.3, 0.4) is 0 Å². The van der Waals surface area contributed by atoms with Crippen molar-refractivity contribution in [1.29, 1.82) is 0 Å². The van der Waals surface area contributed by atoms with Gasteiger partial charge < -0.3 is 23.4 Å². The van der Waals surface area contributed by atoms with E-state index in [1.807, 2.05) is 61.2 Å². The van der Waals surface area contributed by atoms with Gasteiger partial charge in [-0.3, -0.25) is 0 Å². The van der Waals surface area contributed by atoms with Crippen molar-refractivity contribution in [3.8, 4) is 0 Å². The predicted molar refractivity (Wildman–Crippen MR) is 220 cm³/mol. The zero-order valence-electron chi connectivity index (χ0n) is 32.4. The smallest absolute Gasteiger partial charge is 0.261 e. The Morgan fingerprint density at radius 3 is 1.53 bits per heavy atom. The summed E-state index contributed by atoms with van der Waals surface area (Å²) >= 11 is 0. The summed E-state index contributed by atoms with van der Waals surface area (Å²) in [7, 11) is -2.59. The van der Waals surface area contributed by atoms with Gasteiger partial charge in [0, 0.05) is 6.61 Å². The molecule has 1 saturated heterocycles. The topological polar surface area (TPSA) is 55.4 Å². The molecule has 5 aromatic rings. The van der Waals surface area contributed by atoms with E-state index in [0.29, 0.717) is 51.5 Å². The van der Waals surface area contributed by atoms with Crippen molar-refractivity contribution >= 4 is 18.7 Å². The highest BCUT2D eigenvalue weighted by atomic mass is 28.4. The third-order valence-corrected chi connectivity index (χ3v) is 15.9. The van der Waals surface area contributed by atoms with Crippen LogP contribution in [0.15, 0.2) is 152 Å². The molecule has 0 bridgehead atoms. The molecule has 1 aliphatic heterocycles. The zero-order valence-corrected chi connectivity index (χ0v) is 33.4. The second-order valence-electron chi connectivity index (χ2n) is 15.9. The maximum atomic E-state index is 7.25. The molecule has 1 heterocycles. The molecule has 5 aromatic carbocycles. The van der Waals surface area contributed by atoms with E-state index in [1.165, 1.54) is 10.4 Å². The quantitative estimate of drug-likeness (QED) is 0.0623. The van der Waals surface area contributed by atoms with Gasteiger partial charge >= 0.3 is 0 Å². The molecule has 0 amide bonds. The Morgan fingerprint density at radius 2 is 1.02 bits per heavy atom. The fraction of sp³-hybridized carbons (Fsp3) is 0.354. The molecule has 286 valence electrons. The van der Waals surface area contributed by atoms with E-state index in [0.717, 1.165) is 23.1 Å². The van der Waals surface area contributed by atoms with E-state index < -0.39 is 14.4 Å². The van der Waals surface area contributed by atoms with Gasteiger partial charge in [0.25, 0.3) is 21.0 Å². The lowest BCUT2D eigenvalue weighted by Crippen LogP contribution is -2.66. The Balaban J connectivity index is 1.01. The Morgan fingerprint density at radius 1 is 0.564 bits per heavy atom. The van der Waals surface area contributed by atoms with Crippen molar-refractivity contribution in [2.24, 2.45) is 11.8 Å². The van der Waals surface area contributed by atoms with Crippen LogP contribution in [0, 0.1) is 18.4 Å². The Kier molecular flexibility index (Phi) is 13.3. The van der Waals surface area contributed by atoms with Crippen molar-refractivity contribution in [2.45, 2.75) is 76.5 Å². The van der Waals surface area contributed by atoms with Crippen LogP contribution in [-0.2, 0) is 47.9 Å². The van der Waals surface area contributed by atoms with Crippen LogP contribution in [0.2, 0.25) is 5.04 Å². The molecule has 7 rings (SSSR count). The van der Waals surface area contributed by atoms with Crippen LogP contribution in [0.4, 0.5) is 0 Å².